The fraction of sp³-hybridized carbons (Fsp3) is 0.407. The third kappa shape index (κ3) is 10.3. The zero-order valence-electron chi connectivity index (χ0n) is 19.7. The molecule has 178 valence electrons. The molecule has 0 fully saturated rings. The lowest BCUT2D eigenvalue weighted by Crippen LogP contribution is -2.12. The quantitative estimate of drug-likeness (QED) is 0.146. The maximum absolute atomic E-state index is 11.3. The van der Waals surface area contributed by atoms with E-state index < -0.39 is 5.97 Å². The molecule has 2 aromatic rings. The van der Waals surface area contributed by atoms with E-state index in [1.165, 1.54) is 38.2 Å². The lowest BCUT2D eigenvalue weighted by atomic mass is 10.1. The van der Waals surface area contributed by atoms with E-state index in [4.69, 9.17) is 14.2 Å². The molecule has 2 rings (SSSR count). The van der Waals surface area contributed by atoms with Crippen LogP contribution in [0.1, 0.15) is 57.9 Å². The summed E-state index contributed by atoms with van der Waals surface area (Å²) in [5.74, 6) is 0.906. The number of benzene rings is 2. The van der Waals surface area contributed by atoms with Gasteiger partial charge < -0.3 is 19.3 Å². The van der Waals surface area contributed by atoms with Crippen molar-refractivity contribution >= 4 is 17.9 Å². The number of rotatable bonds is 15. The molecule has 6 nitrogen and oxygen atoms in total. The van der Waals surface area contributed by atoms with Crippen molar-refractivity contribution in [2.24, 2.45) is 4.99 Å². The van der Waals surface area contributed by atoms with Crippen molar-refractivity contribution in [3.63, 3.8) is 0 Å². The van der Waals surface area contributed by atoms with Crippen LogP contribution >= 0.6 is 0 Å². The van der Waals surface area contributed by atoms with Crippen LogP contribution in [-0.2, 0) is 9.53 Å². The largest absolute Gasteiger partial charge is 0.507 e. The van der Waals surface area contributed by atoms with E-state index >= 15 is 0 Å². The molecule has 0 aliphatic heterocycles. The van der Waals surface area contributed by atoms with Gasteiger partial charge in [-0.2, -0.15) is 0 Å². The second-order valence-electron chi connectivity index (χ2n) is 7.85. The van der Waals surface area contributed by atoms with Crippen LogP contribution in [-0.4, -0.2) is 37.1 Å². The van der Waals surface area contributed by atoms with Crippen LogP contribution < -0.4 is 9.47 Å². The number of esters is 1. The van der Waals surface area contributed by atoms with E-state index in [2.05, 4.69) is 18.5 Å². The molecular weight excluding hydrogens is 418 g/mol. The van der Waals surface area contributed by atoms with E-state index in [0.717, 1.165) is 24.5 Å². The standard InChI is InChI=1S/C27H35NO5/c1-4-5-6-7-8-9-16-31-24-14-11-23(12-15-24)28-20-22-10-13-25(19-26(22)29)32-17-18-33-27(30)21(2)3/h10-15,19-20,29H,2,4-9,16-18H2,1,3H3. The Balaban J connectivity index is 1.76. The molecule has 0 aliphatic carbocycles. The second-order valence-corrected chi connectivity index (χ2v) is 7.85. The van der Waals surface area contributed by atoms with Gasteiger partial charge in [-0.25, -0.2) is 4.79 Å². The molecule has 0 radical (unpaired) electrons. The van der Waals surface area contributed by atoms with Gasteiger partial charge in [0.2, 0.25) is 0 Å². The first kappa shape index (κ1) is 26.0. The minimum Gasteiger partial charge on any atom is -0.507 e. The lowest BCUT2D eigenvalue weighted by molar-refractivity contribution is -0.139. The molecule has 6 heteroatoms. The number of hydrogen-bond donors (Lipinski definition) is 1. The number of ether oxygens (including phenoxy) is 3. The molecule has 0 heterocycles. The number of carbonyl (C=O) groups is 1. The van der Waals surface area contributed by atoms with Crippen molar-refractivity contribution in [2.75, 3.05) is 19.8 Å². The Kier molecular flexibility index (Phi) is 11.6. The Hall–Kier alpha value is -3.28. The van der Waals surface area contributed by atoms with Gasteiger partial charge in [0, 0.05) is 23.4 Å². The summed E-state index contributed by atoms with van der Waals surface area (Å²) in [6.45, 7) is 8.34. The van der Waals surface area contributed by atoms with E-state index in [1.807, 2.05) is 24.3 Å². The monoisotopic (exact) mass is 453 g/mol. The first-order chi connectivity index (χ1) is 16.0. The summed E-state index contributed by atoms with van der Waals surface area (Å²) >= 11 is 0. The first-order valence-corrected chi connectivity index (χ1v) is 11.5. The number of carbonyl (C=O) groups excluding carboxylic acids is 1. The SMILES string of the molecule is C=C(C)C(=O)OCCOc1ccc(C=Nc2ccc(OCCCCCCCC)cc2)c(O)c1. The molecule has 0 saturated heterocycles. The highest BCUT2D eigenvalue weighted by Gasteiger charge is 2.05. The number of aliphatic imine (C=N–C) groups is 1. The van der Waals surface area contributed by atoms with Gasteiger partial charge >= 0.3 is 5.97 Å². The van der Waals surface area contributed by atoms with Crippen LogP contribution in [0.25, 0.3) is 0 Å². The summed E-state index contributed by atoms with van der Waals surface area (Å²) in [7, 11) is 0. The average Bonchev–Trinajstić information content (AvgIpc) is 2.81. The summed E-state index contributed by atoms with van der Waals surface area (Å²) in [6.07, 6.45) is 9.03. The fourth-order valence-electron chi connectivity index (χ4n) is 2.98. The van der Waals surface area contributed by atoms with Gasteiger partial charge in [-0.05, 0) is 49.7 Å². The predicted octanol–water partition coefficient (Wildman–Crippen LogP) is 6.38. The summed E-state index contributed by atoms with van der Waals surface area (Å²) in [5.41, 5.74) is 1.67. The van der Waals surface area contributed by atoms with Gasteiger partial charge in [0.15, 0.2) is 0 Å². The third-order valence-electron chi connectivity index (χ3n) is 4.89. The lowest BCUT2D eigenvalue weighted by Gasteiger charge is -2.08. The smallest absolute Gasteiger partial charge is 0.333 e. The Bertz CT molecular complexity index is 905. The molecule has 0 atom stereocenters. The minimum absolute atomic E-state index is 0.0501. The van der Waals surface area contributed by atoms with Crippen molar-refractivity contribution in [2.45, 2.75) is 52.4 Å². The highest BCUT2D eigenvalue weighted by molar-refractivity contribution is 5.87. The normalized spacial score (nSPS) is 10.8. The summed E-state index contributed by atoms with van der Waals surface area (Å²) in [4.78, 5) is 15.7. The number of phenolic OH excluding ortho intramolecular Hbond substituents is 1. The number of unbranched alkanes of at least 4 members (excludes halogenated alkanes) is 5. The van der Waals surface area contributed by atoms with Crippen LogP contribution in [0.5, 0.6) is 17.2 Å². The molecule has 1 N–H and O–H groups in total. The van der Waals surface area contributed by atoms with Crippen LogP contribution in [0.15, 0.2) is 59.6 Å². The molecule has 2 aromatic carbocycles. The Morgan fingerprint density at radius 2 is 1.61 bits per heavy atom. The average molecular weight is 454 g/mol. The molecule has 0 spiro atoms. The number of aromatic hydroxyl groups is 1. The fourth-order valence-corrected chi connectivity index (χ4v) is 2.98. The van der Waals surface area contributed by atoms with E-state index in [-0.39, 0.29) is 19.0 Å². The van der Waals surface area contributed by atoms with Crippen molar-refractivity contribution in [1.29, 1.82) is 0 Å². The van der Waals surface area contributed by atoms with Crippen molar-refractivity contribution < 1.29 is 24.1 Å². The maximum Gasteiger partial charge on any atom is 0.333 e. The van der Waals surface area contributed by atoms with Gasteiger partial charge in [0.25, 0.3) is 0 Å². The van der Waals surface area contributed by atoms with Crippen molar-refractivity contribution in [3.8, 4) is 17.2 Å². The third-order valence-corrected chi connectivity index (χ3v) is 4.89. The van der Waals surface area contributed by atoms with Gasteiger partial charge in [-0.1, -0.05) is 45.6 Å². The maximum atomic E-state index is 11.3. The van der Waals surface area contributed by atoms with Crippen molar-refractivity contribution in [1.82, 2.24) is 0 Å². The number of phenols is 1. The molecule has 0 amide bonds. The molecule has 0 aliphatic rings. The molecule has 0 bridgehead atoms. The molecule has 0 unspecified atom stereocenters. The zero-order chi connectivity index (χ0) is 23.9. The number of nitrogens with zero attached hydrogens (tertiary/aromatic N) is 1. The van der Waals surface area contributed by atoms with Crippen LogP contribution in [0.2, 0.25) is 0 Å². The molecule has 0 aromatic heterocycles. The zero-order valence-corrected chi connectivity index (χ0v) is 19.7. The summed E-state index contributed by atoms with van der Waals surface area (Å²) in [5, 5.41) is 10.2. The van der Waals surface area contributed by atoms with E-state index in [9.17, 15) is 9.90 Å². The summed E-state index contributed by atoms with van der Waals surface area (Å²) < 4.78 is 16.2. The van der Waals surface area contributed by atoms with Gasteiger partial charge in [0.05, 0.1) is 12.3 Å². The van der Waals surface area contributed by atoms with Crippen LogP contribution in [0.3, 0.4) is 0 Å². The summed E-state index contributed by atoms with van der Waals surface area (Å²) in [6, 6.07) is 12.5. The number of hydrogen-bond acceptors (Lipinski definition) is 6. The van der Waals surface area contributed by atoms with Gasteiger partial charge in [-0.3, -0.25) is 4.99 Å². The highest BCUT2D eigenvalue weighted by Crippen LogP contribution is 2.24. The van der Waals surface area contributed by atoms with E-state index in [1.54, 1.807) is 25.3 Å². The minimum atomic E-state index is -0.453. The highest BCUT2D eigenvalue weighted by atomic mass is 16.6. The molecular formula is C27H35NO5. The van der Waals surface area contributed by atoms with Crippen molar-refractivity contribution in [3.05, 3.63) is 60.2 Å². The second kappa shape index (κ2) is 14.7. The van der Waals surface area contributed by atoms with Gasteiger partial charge in [0.1, 0.15) is 30.5 Å². The van der Waals surface area contributed by atoms with Crippen LogP contribution in [0, 0.1) is 0 Å². The van der Waals surface area contributed by atoms with Gasteiger partial charge in [-0.15, -0.1) is 0 Å². The van der Waals surface area contributed by atoms with E-state index in [0.29, 0.717) is 16.9 Å². The molecule has 0 saturated carbocycles. The van der Waals surface area contributed by atoms with Crippen LogP contribution in [0.4, 0.5) is 5.69 Å². The Morgan fingerprint density at radius 1 is 0.939 bits per heavy atom. The molecule has 33 heavy (non-hydrogen) atoms. The Labute approximate surface area is 196 Å². The Morgan fingerprint density at radius 3 is 2.30 bits per heavy atom. The predicted molar refractivity (Wildman–Crippen MR) is 132 cm³/mol. The topological polar surface area (TPSA) is 77.4 Å². The first-order valence-electron chi connectivity index (χ1n) is 11.5.